The van der Waals surface area contributed by atoms with Crippen LogP contribution in [0.1, 0.15) is 16.7 Å². The molecule has 2 aromatic carbocycles. The fourth-order valence-electron chi connectivity index (χ4n) is 2.23. The van der Waals surface area contributed by atoms with Crippen molar-refractivity contribution in [2.45, 2.75) is 20.5 Å². The Balaban J connectivity index is 1.82. The highest BCUT2D eigenvalue weighted by Crippen LogP contribution is 2.21. The smallest absolute Gasteiger partial charge is 0.214 e. The van der Waals surface area contributed by atoms with Gasteiger partial charge in [-0.1, -0.05) is 48.0 Å². The van der Waals surface area contributed by atoms with E-state index in [1.807, 2.05) is 24.3 Å². The number of aryl methyl sites for hydroxylation is 2. The highest BCUT2D eigenvalue weighted by molar-refractivity contribution is 5.82. The van der Waals surface area contributed by atoms with E-state index in [1.165, 1.54) is 16.5 Å². The molecule has 3 aromatic rings. The number of pyridine rings is 1. The van der Waals surface area contributed by atoms with E-state index < -0.39 is 0 Å². The third-order valence-electron chi connectivity index (χ3n) is 3.41. The summed E-state index contributed by atoms with van der Waals surface area (Å²) in [5, 5.41) is 1.18. The molecule has 0 aliphatic carbocycles. The number of benzene rings is 2. The highest BCUT2D eigenvalue weighted by Gasteiger charge is 2.03. The van der Waals surface area contributed by atoms with Gasteiger partial charge in [-0.05, 0) is 31.0 Å². The van der Waals surface area contributed by atoms with Crippen molar-refractivity contribution >= 4 is 10.9 Å². The molecule has 2 heteroatoms. The highest BCUT2D eigenvalue weighted by atomic mass is 16.5. The van der Waals surface area contributed by atoms with Crippen LogP contribution in [-0.4, -0.2) is 4.98 Å². The molecule has 0 bridgehead atoms. The van der Waals surface area contributed by atoms with Crippen molar-refractivity contribution in [3.05, 3.63) is 71.3 Å². The first kappa shape index (κ1) is 12.7. The second-order valence-corrected chi connectivity index (χ2v) is 5.07. The lowest BCUT2D eigenvalue weighted by molar-refractivity contribution is 0.295. The van der Waals surface area contributed by atoms with Gasteiger partial charge >= 0.3 is 0 Å². The Hall–Kier alpha value is -2.35. The second kappa shape index (κ2) is 5.33. The molecule has 3 rings (SSSR count). The van der Waals surface area contributed by atoms with Gasteiger partial charge in [-0.2, -0.15) is 0 Å². The molecule has 0 unspecified atom stereocenters. The van der Waals surface area contributed by atoms with Crippen molar-refractivity contribution < 1.29 is 4.74 Å². The number of ether oxygens (including phenoxy) is 1. The van der Waals surface area contributed by atoms with E-state index in [0.717, 1.165) is 11.1 Å². The van der Waals surface area contributed by atoms with Crippen LogP contribution < -0.4 is 4.74 Å². The van der Waals surface area contributed by atoms with Gasteiger partial charge in [-0.15, -0.1) is 0 Å². The van der Waals surface area contributed by atoms with Crippen molar-refractivity contribution in [1.82, 2.24) is 4.98 Å². The lowest BCUT2D eigenvalue weighted by Gasteiger charge is -2.08. The van der Waals surface area contributed by atoms with Crippen molar-refractivity contribution in [2.75, 3.05) is 0 Å². The first-order chi connectivity index (χ1) is 9.72. The van der Waals surface area contributed by atoms with Crippen molar-refractivity contribution in [2.24, 2.45) is 0 Å². The second-order valence-electron chi connectivity index (χ2n) is 5.07. The van der Waals surface area contributed by atoms with E-state index in [2.05, 4.69) is 49.2 Å². The summed E-state index contributed by atoms with van der Waals surface area (Å²) in [6.45, 7) is 4.71. The molecule has 0 aliphatic rings. The van der Waals surface area contributed by atoms with Gasteiger partial charge in [0, 0.05) is 11.5 Å². The van der Waals surface area contributed by atoms with Gasteiger partial charge in [-0.25, -0.2) is 4.98 Å². The van der Waals surface area contributed by atoms with Crippen LogP contribution >= 0.6 is 0 Å². The summed E-state index contributed by atoms with van der Waals surface area (Å²) < 4.78 is 5.81. The van der Waals surface area contributed by atoms with Crippen LogP contribution in [-0.2, 0) is 6.61 Å². The van der Waals surface area contributed by atoms with Crippen molar-refractivity contribution in [1.29, 1.82) is 0 Å². The molecule has 0 spiro atoms. The predicted octanol–water partition coefficient (Wildman–Crippen LogP) is 4.43. The molecule has 0 aliphatic heterocycles. The molecule has 0 saturated carbocycles. The third-order valence-corrected chi connectivity index (χ3v) is 3.41. The summed E-state index contributed by atoms with van der Waals surface area (Å²) in [6, 6.07) is 18.5. The fraction of sp³-hybridized carbons (Fsp3) is 0.167. The fourth-order valence-corrected chi connectivity index (χ4v) is 2.23. The summed E-state index contributed by atoms with van der Waals surface area (Å²) >= 11 is 0. The molecule has 1 heterocycles. The minimum absolute atomic E-state index is 0.547. The maximum Gasteiger partial charge on any atom is 0.214 e. The zero-order valence-corrected chi connectivity index (χ0v) is 11.8. The Kier molecular flexibility index (Phi) is 3.38. The minimum Gasteiger partial charge on any atom is -0.473 e. The maximum absolute atomic E-state index is 5.81. The number of rotatable bonds is 3. The van der Waals surface area contributed by atoms with E-state index in [1.54, 1.807) is 0 Å². The van der Waals surface area contributed by atoms with Gasteiger partial charge in [-0.3, -0.25) is 0 Å². The SMILES string of the molecule is Cc1ccc(COc2cc(C)c3ccccc3n2)cc1. The van der Waals surface area contributed by atoms with Gasteiger partial charge < -0.3 is 4.74 Å². The van der Waals surface area contributed by atoms with Crippen LogP contribution in [0.4, 0.5) is 0 Å². The molecule has 0 fully saturated rings. The van der Waals surface area contributed by atoms with E-state index in [-0.39, 0.29) is 0 Å². The van der Waals surface area contributed by atoms with Crippen molar-refractivity contribution in [3.8, 4) is 5.88 Å². The maximum atomic E-state index is 5.81. The molecule has 0 atom stereocenters. The van der Waals surface area contributed by atoms with Gasteiger partial charge in [0.2, 0.25) is 5.88 Å². The van der Waals surface area contributed by atoms with Gasteiger partial charge in [0.05, 0.1) is 5.52 Å². The summed E-state index contributed by atoms with van der Waals surface area (Å²) in [5.74, 6) is 0.682. The average Bonchev–Trinajstić information content (AvgIpc) is 2.47. The molecular weight excluding hydrogens is 246 g/mol. The number of aromatic nitrogens is 1. The largest absolute Gasteiger partial charge is 0.473 e. The standard InChI is InChI=1S/C18H17NO/c1-13-7-9-15(10-8-13)12-20-18-11-14(2)16-5-3-4-6-17(16)19-18/h3-11H,12H2,1-2H3. The quantitative estimate of drug-likeness (QED) is 0.697. The zero-order valence-electron chi connectivity index (χ0n) is 11.8. The van der Waals surface area contributed by atoms with Crippen LogP contribution in [0.2, 0.25) is 0 Å². The van der Waals surface area contributed by atoms with Crippen LogP contribution in [0, 0.1) is 13.8 Å². The molecule has 0 N–H and O–H groups in total. The lowest BCUT2D eigenvalue weighted by Crippen LogP contribution is -1.98. The van der Waals surface area contributed by atoms with Crippen LogP contribution in [0.15, 0.2) is 54.6 Å². The zero-order chi connectivity index (χ0) is 13.9. The van der Waals surface area contributed by atoms with E-state index in [4.69, 9.17) is 4.74 Å². The van der Waals surface area contributed by atoms with Gasteiger partial charge in [0.1, 0.15) is 6.61 Å². The number of hydrogen-bond acceptors (Lipinski definition) is 2. The Labute approximate surface area is 119 Å². The Bertz CT molecular complexity index is 732. The molecule has 0 amide bonds. The number of hydrogen-bond donors (Lipinski definition) is 0. The summed E-state index contributed by atoms with van der Waals surface area (Å²) in [5.41, 5.74) is 4.58. The first-order valence-corrected chi connectivity index (χ1v) is 6.77. The normalized spacial score (nSPS) is 10.7. The molecule has 2 nitrogen and oxygen atoms in total. The van der Waals surface area contributed by atoms with Crippen molar-refractivity contribution in [3.63, 3.8) is 0 Å². The Morgan fingerprint density at radius 3 is 2.50 bits per heavy atom. The first-order valence-electron chi connectivity index (χ1n) is 6.77. The molecule has 0 radical (unpaired) electrons. The predicted molar refractivity (Wildman–Crippen MR) is 82.0 cm³/mol. The van der Waals surface area contributed by atoms with Gasteiger partial charge in [0.15, 0.2) is 0 Å². The minimum atomic E-state index is 0.547. The number of fused-ring (bicyclic) bond motifs is 1. The summed E-state index contributed by atoms with van der Waals surface area (Å²) in [4.78, 5) is 4.55. The third kappa shape index (κ3) is 2.64. The van der Waals surface area contributed by atoms with Crippen LogP contribution in [0.3, 0.4) is 0 Å². The van der Waals surface area contributed by atoms with E-state index in [9.17, 15) is 0 Å². The lowest BCUT2D eigenvalue weighted by atomic mass is 10.1. The topological polar surface area (TPSA) is 22.1 Å². The molecule has 20 heavy (non-hydrogen) atoms. The Morgan fingerprint density at radius 1 is 0.950 bits per heavy atom. The molecular formula is C18H17NO. The number of nitrogens with zero attached hydrogens (tertiary/aromatic N) is 1. The molecule has 100 valence electrons. The monoisotopic (exact) mass is 263 g/mol. The summed E-state index contributed by atoms with van der Waals surface area (Å²) in [7, 11) is 0. The van der Waals surface area contributed by atoms with E-state index >= 15 is 0 Å². The Morgan fingerprint density at radius 2 is 1.70 bits per heavy atom. The molecule has 1 aromatic heterocycles. The van der Waals surface area contributed by atoms with Crippen LogP contribution in [0.5, 0.6) is 5.88 Å². The summed E-state index contributed by atoms with van der Waals surface area (Å²) in [6.07, 6.45) is 0. The average molecular weight is 263 g/mol. The van der Waals surface area contributed by atoms with Gasteiger partial charge in [0.25, 0.3) is 0 Å². The van der Waals surface area contributed by atoms with Crippen LogP contribution in [0.25, 0.3) is 10.9 Å². The van der Waals surface area contributed by atoms with E-state index in [0.29, 0.717) is 12.5 Å². The molecule has 0 saturated heterocycles. The number of para-hydroxylation sites is 1.